The number of hydrazine groups is 1. The van der Waals surface area contributed by atoms with Gasteiger partial charge in [-0.05, 0) is 37.8 Å². The summed E-state index contributed by atoms with van der Waals surface area (Å²) in [4.78, 5) is 4.23. The summed E-state index contributed by atoms with van der Waals surface area (Å²) in [5.41, 5.74) is 3.97. The van der Waals surface area contributed by atoms with E-state index in [0.29, 0.717) is 5.92 Å². The summed E-state index contributed by atoms with van der Waals surface area (Å²) in [6.07, 6.45) is 6.02. The van der Waals surface area contributed by atoms with Crippen LogP contribution in [0.5, 0.6) is 5.75 Å². The van der Waals surface area contributed by atoms with Crippen LogP contribution in [-0.4, -0.2) is 11.1 Å². The number of rotatable bonds is 7. The van der Waals surface area contributed by atoms with Crippen LogP contribution in [0.15, 0.2) is 18.5 Å². The van der Waals surface area contributed by atoms with Crippen molar-refractivity contribution in [1.82, 2.24) is 10.4 Å². The molecule has 0 aromatic carbocycles. The Morgan fingerprint density at radius 1 is 1.33 bits per heavy atom. The highest BCUT2D eigenvalue weighted by Gasteiger charge is 2.18. The van der Waals surface area contributed by atoms with Crippen molar-refractivity contribution in [1.29, 1.82) is 0 Å². The molecule has 0 fully saturated rings. The molecule has 1 aromatic heterocycles. The van der Waals surface area contributed by atoms with E-state index < -0.39 is 0 Å². The normalized spacial score (nSPS) is 14.6. The highest BCUT2D eigenvalue weighted by atomic mass is 16.5. The number of pyridine rings is 1. The molecule has 0 bridgehead atoms. The van der Waals surface area contributed by atoms with Crippen LogP contribution in [0.25, 0.3) is 0 Å². The maximum atomic E-state index is 5.67. The van der Waals surface area contributed by atoms with Gasteiger partial charge in [0.15, 0.2) is 0 Å². The van der Waals surface area contributed by atoms with Crippen molar-refractivity contribution in [2.75, 3.05) is 0 Å². The maximum absolute atomic E-state index is 5.67. The van der Waals surface area contributed by atoms with Crippen LogP contribution in [0, 0.1) is 5.92 Å². The van der Waals surface area contributed by atoms with E-state index in [2.05, 4.69) is 24.3 Å². The molecule has 2 unspecified atom stereocenters. The Kier molecular flexibility index (Phi) is 6.09. The average molecular weight is 251 g/mol. The van der Waals surface area contributed by atoms with Gasteiger partial charge in [0.1, 0.15) is 5.75 Å². The van der Waals surface area contributed by atoms with Crippen molar-refractivity contribution in [3.05, 3.63) is 24.0 Å². The molecule has 3 N–H and O–H groups in total. The summed E-state index contributed by atoms with van der Waals surface area (Å²) < 4.78 is 5.66. The van der Waals surface area contributed by atoms with Crippen molar-refractivity contribution < 1.29 is 4.74 Å². The topological polar surface area (TPSA) is 60.2 Å². The molecule has 1 rings (SSSR count). The summed E-state index contributed by atoms with van der Waals surface area (Å²) in [5.74, 6) is 6.93. The Morgan fingerprint density at radius 2 is 2.06 bits per heavy atom. The molecular formula is C14H25N3O. The molecule has 2 atom stereocenters. The number of aromatic nitrogens is 1. The molecular weight excluding hydrogens is 226 g/mol. The van der Waals surface area contributed by atoms with Crippen LogP contribution in [0.2, 0.25) is 0 Å². The minimum Gasteiger partial charge on any atom is -0.489 e. The molecule has 0 amide bonds. The second-order valence-corrected chi connectivity index (χ2v) is 5.03. The predicted octanol–water partition coefficient (Wildman–Crippen LogP) is 2.81. The van der Waals surface area contributed by atoms with E-state index in [4.69, 9.17) is 10.6 Å². The van der Waals surface area contributed by atoms with Gasteiger partial charge in [-0.2, -0.15) is 0 Å². The van der Waals surface area contributed by atoms with Gasteiger partial charge in [0, 0.05) is 6.20 Å². The van der Waals surface area contributed by atoms with Crippen LogP contribution in [0.3, 0.4) is 0 Å². The van der Waals surface area contributed by atoms with Gasteiger partial charge >= 0.3 is 0 Å². The number of ether oxygens (including phenoxy) is 1. The minimum absolute atomic E-state index is 0.119. The predicted molar refractivity (Wildman–Crippen MR) is 74.1 cm³/mol. The summed E-state index contributed by atoms with van der Waals surface area (Å²) >= 11 is 0. The van der Waals surface area contributed by atoms with Crippen LogP contribution in [-0.2, 0) is 0 Å². The standard InChI is InChI=1S/C14H25N3O/c1-5-6-11(4)14(17-15)12-7-13(9-16-8-12)18-10(2)3/h7-11,14,17H,5-6,15H2,1-4H3. The Balaban J connectivity index is 2.85. The fraction of sp³-hybridized carbons (Fsp3) is 0.643. The first-order chi connectivity index (χ1) is 8.58. The molecule has 0 spiro atoms. The third-order valence-electron chi connectivity index (χ3n) is 2.96. The van der Waals surface area contributed by atoms with Gasteiger partial charge in [-0.1, -0.05) is 20.3 Å². The Hall–Kier alpha value is -1.13. The van der Waals surface area contributed by atoms with Crippen LogP contribution in [0.4, 0.5) is 0 Å². The minimum atomic E-state index is 0.119. The van der Waals surface area contributed by atoms with Gasteiger partial charge in [0.05, 0.1) is 18.3 Å². The molecule has 0 saturated carbocycles. The lowest BCUT2D eigenvalue weighted by molar-refractivity contribution is 0.240. The third kappa shape index (κ3) is 4.27. The zero-order valence-corrected chi connectivity index (χ0v) is 11.8. The zero-order valence-electron chi connectivity index (χ0n) is 11.8. The van der Waals surface area contributed by atoms with E-state index in [1.807, 2.05) is 26.1 Å². The second kappa shape index (κ2) is 7.34. The number of nitrogens with two attached hydrogens (primary N) is 1. The fourth-order valence-corrected chi connectivity index (χ4v) is 2.15. The van der Waals surface area contributed by atoms with E-state index in [9.17, 15) is 0 Å². The highest BCUT2D eigenvalue weighted by Crippen LogP contribution is 2.26. The van der Waals surface area contributed by atoms with Crippen LogP contribution >= 0.6 is 0 Å². The van der Waals surface area contributed by atoms with E-state index >= 15 is 0 Å². The van der Waals surface area contributed by atoms with Gasteiger partial charge in [-0.3, -0.25) is 16.3 Å². The van der Waals surface area contributed by atoms with Gasteiger partial charge < -0.3 is 4.74 Å². The smallest absolute Gasteiger partial charge is 0.138 e. The zero-order chi connectivity index (χ0) is 13.5. The molecule has 4 heteroatoms. The van der Waals surface area contributed by atoms with Crippen LogP contribution < -0.4 is 16.0 Å². The molecule has 0 aliphatic heterocycles. The Morgan fingerprint density at radius 3 is 2.61 bits per heavy atom. The first-order valence-corrected chi connectivity index (χ1v) is 6.66. The van der Waals surface area contributed by atoms with Crippen LogP contribution in [0.1, 0.15) is 52.1 Å². The lowest BCUT2D eigenvalue weighted by atomic mass is 9.92. The van der Waals surface area contributed by atoms with Crippen molar-refractivity contribution >= 4 is 0 Å². The van der Waals surface area contributed by atoms with E-state index in [0.717, 1.165) is 24.2 Å². The number of nitrogens with zero attached hydrogens (tertiary/aromatic N) is 1. The average Bonchev–Trinajstić information content (AvgIpc) is 2.30. The molecule has 0 aliphatic carbocycles. The van der Waals surface area contributed by atoms with E-state index in [1.165, 1.54) is 0 Å². The first-order valence-electron chi connectivity index (χ1n) is 6.66. The Bertz CT molecular complexity index is 355. The second-order valence-electron chi connectivity index (χ2n) is 5.03. The van der Waals surface area contributed by atoms with Crippen molar-refractivity contribution in [2.24, 2.45) is 11.8 Å². The SMILES string of the molecule is CCCC(C)C(NN)c1cncc(OC(C)C)c1. The van der Waals surface area contributed by atoms with E-state index in [-0.39, 0.29) is 12.1 Å². The van der Waals surface area contributed by atoms with Gasteiger partial charge in [0.25, 0.3) is 0 Å². The van der Waals surface area contributed by atoms with E-state index in [1.54, 1.807) is 6.20 Å². The molecule has 0 radical (unpaired) electrons. The summed E-state index contributed by atoms with van der Waals surface area (Å²) in [6, 6.07) is 2.14. The molecule has 102 valence electrons. The number of hydrogen-bond acceptors (Lipinski definition) is 4. The molecule has 18 heavy (non-hydrogen) atoms. The lowest BCUT2D eigenvalue weighted by Crippen LogP contribution is -2.32. The lowest BCUT2D eigenvalue weighted by Gasteiger charge is -2.23. The number of nitrogens with one attached hydrogen (secondary N) is 1. The monoisotopic (exact) mass is 251 g/mol. The van der Waals surface area contributed by atoms with Gasteiger partial charge in [-0.25, -0.2) is 0 Å². The molecule has 4 nitrogen and oxygen atoms in total. The molecule has 1 heterocycles. The fourth-order valence-electron chi connectivity index (χ4n) is 2.15. The molecule has 0 saturated heterocycles. The third-order valence-corrected chi connectivity index (χ3v) is 2.96. The number of hydrogen-bond donors (Lipinski definition) is 2. The highest BCUT2D eigenvalue weighted by molar-refractivity contribution is 5.26. The Labute approximate surface area is 110 Å². The summed E-state index contributed by atoms with van der Waals surface area (Å²) in [7, 11) is 0. The first kappa shape index (κ1) is 14.9. The van der Waals surface area contributed by atoms with Crippen molar-refractivity contribution in [2.45, 2.75) is 52.7 Å². The van der Waals surface area contributed by atoms with Gasteiger partial charge in [-0.15, -0.1) is 0 Å². The van der Waals surface area contributed by atoms with Crippen molar-refractivity contribution in [3.63, 3.8) is 0 Å². The molecule has 1 aromatic rings. The van der Waals surface area contributed by atoms with Crippen molar-refractivity contribution in [3.8, 4) is 5.75 Å². The molecule has 0 aliphatic rings. The largest absolute Gasteiger partial charge is 0.489 e. The maximum Gasteiger partial charge on any atom is 0.138 e. The summed E-state index contributed by atoms with van der Waals surface area (Å²) in [5, 5.41) is 0. The van der Waals surface area contributed by atoms with Gasteiger partial charge in [0.2, 0.25) is 0 Å². The quantitative estimate of drug-likeness (QED) is 0.578. The summed E-state index contributed by atoms with van der Waals surface area (Å²) in [6.45, 7) is 8.39.